The van der Waals surface area contributed by atoms with E-state index in [-0.39, 0.29) is 5.75 Å². The number of phenolic OH excluding ortho intramolecular Hbond substituents is 1. The first kappa shape index (κ1) is 21.6. The Morgan fingerprint density at radius 2 is 1.89 bits per heavy atom. The standard InChI is InChI=1S/C27H24N6OS/c28-16-21-23(17-6-8-19(9-7-17)33-12-10-29-11-13-33)24-26(22-5-2-14-35-22)31-32-27(24)30-25(21)18-3-1-4-20(34)15-18/h1-9,14-15,21,25,29,34H,10-13H2,(H,30,32). The Morgan fingerprint density at radius 1 is 1.06 bits per heavy atom. The minimum Gasteiger partial charge on any atom is -0.508 e. The number of anilines is 1. The van der Waals surface area contributed by atoms with E-state index in [0.717, 1.165) is 58.7 Å². The molecule has 0 spiro atoms. The van der Waals surface area contributed by atoms with E-state index in [1.807, 2.05) is 23.6 Å². The number of nitriles is 1. The van der Waals surface area contributed by atoms with Crippen molar-refractivity contribution in [1.82, 2.24) is 15.5 Å². The average molecular weight is 481 g/mol. The zero-order valence-electron chi connectivity index (χ0n) is 19.0. The number of phenols is 1. The van der Waals surface area contributed by atoms with Crippen LogP contribution in [0, 0.1) is 17.2 Å². The molecule has 0 saturated carbocycles. The average Bonchev–Trinajstić information content (AvgIpc) is 3.58. The third-order valence-electron chi connectivity index (χ3n) is 6.68. The predicted octanol–water partition coefficient (Wildman–Crippen LogP) is 2.97. The van der Waals surface area contributed by atoms with Gasteiger partial charge in [-0.1, -0.05) is 30.3 Å². The lowest BCUT2D eigenvalue weighted by Crippen LogP contribution is -2.43. The highest BCUT2D eigenvalue weighted by molar-refractivity contribution is 7.13. The largest absolute Gasteiger partial charge is 0.508 e. The molecule has 2 atom stereocenters. The monoisotopic (exact) mass is 480 g/mol. The predicted molar refractivity (Wildman–Crippen MR) is 137 cm³/mol. The fourth-order valence-corrected chi connectivity index (χ4v) is 5.73. The number of aromatic nitrogens is 2. The van der Waals surface area contributed by atoms with Crippen molar-refractivity contribution in [3.05, 3.63) is 87.9 Å². The van der Waals surface area contributed by atoms with Crippen LogP contribution in [-0.4, -0.2) is 41.5 Å². The molecular formula is C27H24N6OS. The van der Waals surface area contributed by atoms with Crippen LogP contribution in [0.25, 0.3) is 16.1 Å². The van der Waals surface area contributed by atoms with Gasteiger partial charge in [-0.2, -0.15) is 10.4 Å². The zero-order chi connectivity index (χ0) is 23.8. The third kappa shape index (κ3) is 3.89. The van der Waals surface area contributed by atoms with Crippen molar-refractivity contribution >= 4 is 22.6 Å². The summed E-state index contributed by atoms with van der Waals surface area (Å²) >= 11 is 1.61. The molecule has 3 N–H and O–H groups in total. The summed E-state index contributed by atoms with van der Waals surface area (Å²) in [6.45, 7) is 3.91. The number of thiophene rings is 1. The zero-order valence-corrected chi connectivity index (χ0v) is 19.8. The number of aromatic hydroxyl groups is 1. The minimum atomic E-state index is -0.536. The highest BCUT2D eigenvalue weighted by atomic mass is 32.1. The molecule has 2 aromatic carbocycles. The van der Waals surface area contributed by atoms with E-state index >= 15 is 0 Å². The molecule has 1 saturated heterocycles. The molecule has 35 heavy (non-hydrogen) atoms. The Labute approximate surface area is 206 Å². The molecule has 174 valence electrons. The highest BCUT2D eigenvalue weighted by Crippen LogP contribution is 2.38. The summed E-state index contributed by atoms with van der Waals surface area (Å²) in [7, 11) is 0. The van der Waals surface area contributed by atoms with Crippen LogP contribution < -0.4 is 20.9 Å². The van der Waals surface area contributed by atoms with Gasteiger partial charge in [0.1, 0.15) is 11.4 Å². The number of hydrogen-bond donors (Lipinski definition) is 3. The number of aromatic amines is 1. The smallest absolute Gasteiger partial charge is 0.152 e. The maximum atomic E-state index is 10.4. The van der Waals surface area contributed by atoms with Crippen LogP contribution in [-0.2, 0) is 0 Å². The molecule has 4 aromatic rings. The van der Waals surface area contributed by atoms with E-state index in [9.17, 15) is 10.4 Å². The van der Waals surface area contributed by atoms with Crippen molar-refractivity contribution in [3.63, 3.8) is 0 Å². The van der Waals surface area contributed by atoms with Gasteiger partial charge >= 0.3 is 0 Å². The van der Waals surface area contributed by atoms with Crippen LogP contribution in [0.5, 0.6) is 5.75 Å². The Bertz CT molecular complexity index is 1510. The van der Waals surface area contributed by atoms with Crippen molar-refractivity contribution in [3.8, 4) is 22.4 Å². The summed E-state index contributed by atoms with van der Waals surface area (Å²) < 4.78 is 0. The molecule has 0 bridgehead atoms. The van der Waals surface area contributed by atoms with Crippen molar-refractivity contribution in [2.45, 2.75) is 6.04 Å². The molecule has 7 nitrogen and oxygen atoms in total. The van der Waals surface area contributed by atoms with E-state index in [0.29, 0.717) is 5.49 Å². The van der Waals surface area contributed by atoms with Crippen molar-refractivity contribution in [2.75, 3.05) is 31.1 Å². The lowest BCUT2D eigenvalue weighted by atomic mass is 9.81. The summed E-state index contributed by atoms with van der Waals surface area (Å²) in [4.78, 5) is 8.32. The number of H-pyrrole nitrogens is 1. The summed E-state index contributed by atoms with van der Waals surface area (Å²) in [5, 5.41) is 34.6. The van der Waals surface area contributed by atoms with Crippen molar-refractivity contribution < 1.29 is 5.11 Å². The van der Waals surface area contributed by atoms with Crippen molar-refractivity contribution in [2.24, 2.45) is 10.9 Å². The molecular weight excluding hydrogens is 456 g/mol. The molecule has 0 amide bonds. The van der Waals surface area contributed by atoms with Gasteiger partial charge in [-0.15, -0.1) is 11.3 Å². The first-order valence-electron chi connectivity index (χ1n) is 11.7. The van der Waals surface area contributed by atoms with Gasteiger partial charge in [0.2, 0.25) is 0 Å². The molecule has 8 heteroatoms. The van der Waals surface area contributed by atoms with Crippen LogP contribution in [0.4, 0.5) is 5.69 Å². The Hall–Kier alpha value is -3.93. The number of nitrogens with one attached hydrogen (secondary N) is 2. The van der Waals surface area contributed by atoms with Gasteiger partial charge in [-0.3, -0.25) is 10.1 Å². The van der Waals surface area contributed by atoms with Gasteiger partial charge in [0.05, 0.1) is 28.1 Å². The highest BCUT2D eigenvalue weighted by Gasteiger charge is 2.33. The second kappa shape index (κ2) is 9.02. The first-order chi connectivity index (χ1) is 17.2. The van der Waals surface area contributed by atoms with Gasteiger partial charge < -0.3 is 15.3 Å². The first-order valence-corrected chi connectivity index (χ1v) is 12.6. The van der Waals surface area contributed by atoms with Gasteiger partial charge in [-0.05, 0) is 52.4 Å². The second-order valence-electron chi connectivity index (χ2n) is 8.75. The van der Waals surface area contributed by atoms with E-state index in [1.165, 1.54) is 5.69 Å². The van der Waals surface area contributed by atoms with Crippen LogP contribution in [0.1, 0.15) is 17.2 Å². The summed E-state index contributed by atoms with van der Waals surface area (Å²) in [6.07, 6.45) is 0. The maximum Gasteiger partial charge on any atom is 0.152 e. The summed E-state index contributed by atoms with van der Waals surface area (Å²) in [6, 6.07) is 21.6. The van der Waals surface area contributed by atoms with E-state index in [1.54, 1.807) is 29.5 Å². The molecule has 0 aliphatic carbocycles. The fraction of sp³-hybridized carbons (Fsp3) is 0.222. The Balaban J connectivity index is 1.55. The number of benzene rings is 2. The van der Waals surface area contributed by atoms with E-state index in [4.69, 9.17) is 4.99 Å². The van der Waals surface area contributed by atoms with E-state index in [2.05, 4.69) is 50.7 Å². The Kier molecular flexibility index (Phi) is 5.57. The molecule has 2 aromatic heterocycles. The van der Waals surface area contributed by atoms with Crippen molar-refractivity contribution in [1.29, 1.82) is 5.26 Å². The lowest BCUT2D eigenvalue weighted by Gasteiger charge is -2.30. The lowest BCUT2D eigenvalue weighted by molar-refractivity contribution is 0.472. The number of nitrogens with zero attached hydrogens (tertiary/aromatic N) is 4. The van der Waals surface area contributed by atoms with E-state index < -0.39 is 12.0 Å². The number of rotatable bonds is 4. The second-order valence-corrected chi connectivity index (χ2v) is 9.69. The topological polar surface area (TPSA) is 100 Å². The van der Waals surface area contributed by atoms with Crippen LogP contribution in [0.15, 0.2) is 71.0 Å². The quantitative estimate of drug-likeness (QED) is 0.417. The van der Waals surface area contributed by atoms with Gasteiger partial charge in [0.25, 0.3) is 0 Å². The number of hydrogen-bond acceptors (Lipinski definition) is 7. The molecule has 2 aliphatic heterocycles. The Morgan fingerprint density at radius 3 is 2.60 bits per heavy atom. The molecule has 4 heterocycles. The molecule has 0 radical (unpaired) electrons. The third-order valence-corrected chi connectivity index (χ3v) is 7.55. The number of piperazine rings is 1. The molecule has 1 fully saturated rings. The normalized spacial score (nSPS) is 19.6. The SMILES string of the molecule is N#CC1C(c2ccc(N3CCNCC3)cc2)=c2c(-c3cccs3)n[nH]c2=NC1c1cccc(O)c1. The molecule has 6 rings (SSSR count). The van der Waals surface area contributed by atoms with Gasteiger partial charge in [0, 0.05) is 31.9 Å². The van der Waals surface area contributed by atoms with Gasteiger partial charge in [-0.25, -0.2) is 0 Å². The fourth-order valence-electron chi connectivity index (χ4n) is 5.01. The molecule has 2 unspecified atom stereocenters. The summed E-state index contributed by atoms with van der Waals surface area (Å²) in [5.41, 5.74) is 5.35. The van der Waals surface area contributed by atoms with Crippen LogP contribution in [0.2, 0.25) is 0 Å². The molecule has 2 aliphatic rings. The van der Waals surface area contributed by atoms with Crippen LogP contribution in [0.3, 0.4) is 0 Å². The summed E-state index contributed by atoms with van der Waals surface area (Å²) in [5.74, 6) is -0.378. The minimum absolute atomic E-state index is 0.158. The van der Waals surface area contributed by atoms with Crippen LogP contribution >= 0.6 is 11.3 Å². The number of fused-ring (bicyclic) bond motifs is 1. The van der Waals surface area contributed by atoms with Gasteiger partial charge in [0.15, 0.2) is 5.49 Å². The maximum absolute atomic E-state index is 10.4.